The summed E-state index contributed by atoms with van der Waals surface area (Å²) in [7, 11) is 0. The second kappa shape index (κ2) is 5.50. The van der Waals surface area contributed by atoms with Gasteiger partial charge in [-0.1, -0.05) is 19.8 Å². The van der Waals surface area contributed by atoms with Crippen molar-refractivity contribution in [2.45, 2.75) is 27.2 Å². The zero-order valence-electron chi connectivity index (χ0n) is 6.40. The van der Waals surface area contributed by atoms with Crippen LogP contribution < -0.4 is 0 Å². The summed E-state index contributed by atoms with van der Waals surface area (Å²) in [4.78, 5) is 0. The van der Waals surface area contributed by atoms with E-state index in [0.29, 0.717) is 5.92 Å². The average Bonchev–Trinajstić information content (AvgIpc) is 1.80. The molecule has 0 heterocycles. The van der Waals surface area contributed by atoms with Crippen LogP contribution in [0.2, 0.25) is 0 Å². The first-order valence-corrected chi connectivity index (χ1v) is 3.31. The molecule has 0 aliphatic carbocycles. The van der Waals surface area contributed by atoms with Crippen molar-refractivity contribution in [2.75, 3.05) is 6.61 Å². The fourth-order valence-electron chi connectivity index (χ4n) is 0.418. The van der Waals surface area contributed by atoms with Gasteiger partial charge in [0.2, 0.25) is 0 Å². The first-order chi connectivity index (χ1) is 4.27. The second-order valence-electron chi connectivity index (χ2n) is 2.38. The summed E-state index contributed by atoms with van der Waals surface area (Å²) in [5, 5.41) is 0. The molecule has 1 heteroatoms. The maximum absolute atomic E-state index is 4.93. The van der Waals surface area contributed by atoms with E-state index in [1.54, 1.807) is 6.92 Å². The molecular formula is C8H14O. The van der Waals surface area contributed by atoms with Crippen molar-refractivity contribution in [3.63, 3.8) is 0 Å². The second-order valence-corrected chi connectivity index (χ2v) is 2.38. The van der Waals surface area contributed by atoms with E-state index in [2.05, 4.69) is 25.9 Å². The van der Waals surface area contributed by atoms with Crippen molar-refractivity contribution >= 4 is 0 Å². The Morgan fingerprint density at radius 1 is 1.44 bits per heavy atom. The van der Waals surface area contributed by atoms with Crippen molar-refractivity contribution in [3.8, 4) is 12.0 Å². The summed E-state index contributed by atoms with van der Waals surface area (Å²) in [6.07, 6.45) is 3.65. The largest absolute Gasteiger partial charge is 0.447 e. The van der Waals surface area contributed by atoms with Gasteiger partial charge in [0.25, 0.3) is 0 Å². The zero-order valence-corrected chi connectivity index (χ0v) is 6.40. The summed E-state index contributed by atoms with van der Waals surface area (Å²) >= 11 is 0. The lowest BCUT2D eigenvalue weighted by molar-refractivity contribution is 0.254. The highest BCUT2D eigenvalue weighted by Gasteiger charge is 1.90. The zero-order chi connectivity index (χ0) is 7.11. The van der Waals surface area contributed by atoms with Gasteiger partial charge < -0.3 is 4.74 Å². The molecular weight excluding hydrogens is 112 g/mol. The van der Waals surface area contributed by atoms with E-state index in [1.165, 1.54) is 0 Å². The highest BCUT2D eigenvalue weighted by molar-refractivity contribution is 4.84. The van der Waals surface area contributed by atoms with Crippen LogP contribution in [0.3, 0.4) is 0 Å². The van der Waals surface area contributed by atoms with Crippen LogP contribution in [-0.2, 0) is 4.74 Å². The predicted octanol–water partition coefficient (Wildman–Crippen LogP) is 2.03. The lowest BCUT2D eigenvalue weighted by Gasteiger charge is -2.00. The van der Waals surface area contributed by atoms with Crippen molar-refractivity contribution < 1.29 is 4.74 Å². The van der Waals surface area contributed by atoms with Crippen LogP contribution in [0.1, 0.15) is 27.2 Å². The Hall–Kier alpha value is -0.640. The minimum absolute atomic E-state index is 0.712. The van der Waals surface area contributed by atoms with Crippen molar-refractivity contribution in [2.24, 2.45) is 5.92 Å². The molecule has 1 nitrogen and oxygen atoms in total. The summed E-state index contributed by atoms with van der Waals surface area (Å²) < 4.78 is 4.93. The van der Waals surface area contributed by atoms with Gasteiger partial charge in [0, 0.05) is 6.92 Å². The van der Waals surface area contributed by atoms with Gasteiger partial charge in [0.15, 0.2) is 0 Å². The first kappa shape index (κ1) is 8.36. The molecule has 0 atom stereocenters. The summed E-state index contributed by atoms with van der Waals surface area (Å²) in [6, 6.07) is 0. The molecule has 0 radical (unpaired) electrons. The Kier molecular flexibility index (Phi) is 5.11. The van der Waals surface area contributed by atoms with Crippen LogP contribution in [0.5, 0.6) is 0 Å². The van der Waals surface area contributed by atoms with Crippen LogP contribution in [0, 0.1) is 17.9 Å². The summed E-state index contributed by atoms with van der Waals surface area (Å²) in [5.74, 6) is 3.38. The van der Waals surface area contributed by atoms with E-state index in [0.717, 1.165) is 13.0 Å². The molecule has 0 aromatic rings. The molecule has 0 aliphatic heterocycles. The SMILES string of the molecule is CC#COCCC(C)C. The Morgan fingerprint density at radius 3 is 2.56 bits per heavy atom. The smallest absolute Gasteiger partial charge is 0.109 e. The highest BCUT2D eigenvalue weighted by atomic mass is 16.5. The van der Waals surface area contributed by atoms with Gasteiger partial charge in [-0.2, -0.15) is 0 Å². The fourth-order valence-corrected chi connectivity index (χ4v) is 0.418. The number of hydrogen-bond acceptors (Lipinski definition) is 1. The Balaban J connectivity index is 2.98. The molecule has 0 saturated carbocycles. The third kappa shape index (κ3) is 7.36. The molecule has 9 heavy (non-hydrogen) atoms. The summed E-state index contributed by atoms with van der Waals surface area (Å²) in [6.45, 7) is 6.87. The normalized spacial score (nSPS) is 8.44. The monoisotopic (exact) mass is 126 g/mol. The fraction of sp³-hybridized carbons (Fsp3) is 0.750. The third-order valence-corrected chi connectivity index (χ3v) is 0.971. The Morgan fingerprint density at radius 2 is 2.11 bits per heavy atom. The molecule has 0 amide bonds. The van der Waals surface area contributed by atoms with Crippen molar-refractivity contribution in [3.05, 3.63) is 0 Å². The van der Waals surface area contributed by atoms with Gasteiger partial charge in [-0.15, -0.1) is 0 Å². The van der Waals surface area contributed by atoms with E-state index in [1.807, 2.05) is 0 Å². The van der Waals surface area contributed by atoms with Gasteiger partial charge in [-0.25, -0.2) is 0 Å². The topological polar surface area (TPSA) is 9.23 Å². The lowest BCUT2D eigenvalue weighted by atomic mass is 10.1. The van der Waals surface area contributed by atoms with E-state index in [4.69, 9.17) is 4.74 Å². The van der Waals surface area contributed by atoms with E-state index < -0.39 is 0 Å². The maximum atomic E-state index is 4.93. The van der Waals surface area contributed by atoms with E-state index in [-0.39, 0.29) is 0 Å². The molecule has 0 spiro atoms. The predicted molar refractivity (Wildman–Crippen MR) is 38.9 cm³/mol. The maximum Gasteiger partial charge on any atom is 0.109 e. The summed E-state index contributed by atoms with van der Waals surface area (Å²) in [5.41, 5.74) is 0. The van der Waals surface area contributed by atoms with Crippen molar-refractivity contribution in [1.82, 2.24) is 0 Å². The molecule has 0 aromatic heterocycles. The van der Waals surface area contributed by atoms with Gasteiger partial charge in [-0.05, 0) is 12.3 Å². The van der Waals surface area contributed by atoms with Crippen LogP contribution in [-0.4, -0.2) is 6.61 Å². The molecule has 52 valence electrons. The van der Waals surface area contributed by atoms with Gasteiger partial charge in [0.1, 0.15) is 12.7 Å². The number of ether oxygens (including phenoxy) is 1. The van der Waals surface area contributed by atoms with Crippen LogP contribution in [0.15, 0.2) is 0 Å². The van der Waals surface area contributed by atoms with E-state index in [9.17, 15) is 0 Å². The molecule has 0 rings (SSSR count). The molecule has 0 aliphatic rings. The molecule has 0 fully saturated rings. The van der Waals surface area contributed by atoms with Crippen LogP contribution >= 0.6 is 0 Å². The molecule has 0 N–H and O–H groups in total. The van der Waals surface area contributed by atoms with Gasteiger partial charge in [-0.3, -0.25) is 0 Å². The molecule has 0 saturated heterocycles. The molecule has 0 unspecified atom stereocenters. The minimum Gasteiger partial charge on any atom is -0.447 e. The lowest BCUT2D eigenvalue weighted by Crippen LogP contribution is -1.93. The standard InChI is InChI=1S/C8H14O/c1-4-6-9-7-5-8(2)3/h8H,5,7H2,1-3H3. The van der Waals surface area contributed by atoms with Gasteiger partial charge >= 0.3 is 0 Å². The highest BCUT2D eigenvalue weighted by Crippen LogP contribution is 1.97. The molecule has 0 aromatic carbocycles. The Labute approximate surface area is 57.4 Å². The number of hydrogen-bond donors (Lipinski definition) is 0. The first-order valence-electron chi connectivity index (χ1n) is 3.31. The average molecular weight is 126 g/mol. The number of rotatable bonds is 3. The van der Waals surface area contributed by atoms with E-state index >= 15 is 0 Å². The van der Waals surface area contributed by atoms with Crippen LogP contribution in [0.4, 0.5) is 0 Å². The quantitative estimate of drug-likeness (QED) is 0.415. The molecule has 0 bridgehead atoms. The van der Waals surface area contributed by atoms with Gasteiger partial charge in [0.05, 0.1) is 0 Å². The van der Waals surface area contributed by atoms with Crippen LogP contribution in [0.25, 0.3) is 0 Å². The third-order valence-electron chi connectivity index (χ3n) is 0.971. The Bertz CT molecular complexity index is 105. The minimum atomic E-state index is 0.712. The van der Waals surface area contributed by atoms with Crippen molar-refractivity contribution in [1.29, 1.82) is 0 Å².